The highest BCUT2D eigenvalue weighted by molar-refractivity contribution is 9.10. The van der Waals surface area contributed by atoms with E-state index in [2.05, 4.69) is 21.2 Å². The fourth-order valence-corrected chi connectivity index (χ4v) is 4.04. The Hall–Kier alpha value is -2.68. The van der Waals surface area contributed by atoms with Crippen LogP contribution in [0, 0.1) is 0 Å². The third-order valence-electron chi connectivity index (χ3n) is 4.04. The lowest BCUT2D eigenvalue weighted by molar-refractivity contribution is -0.122. The number of nitrogens with zero attached hydrogens (tertiary/aromatic N) is 1. The number of carbonyl (C=O) groups excluding carboxylic acids is 2. The SMILES string of the molecule is O=C1NC(=S)N(c2ccc(Br)cc2)C(=O)/C1=C/c1ccc(Sc2ccccc2)o1. The van der Waals surface area contributed by atoms with Crippen molar-refractivity contribution in [1.29, 1.82) is 0 Å². The molecular weight excluding hydrogens is 472 g/mol. The van der Waals surface area contributed by atoms with Crippen LogP contribution in [0.4, 0.5) is 5.69 Å². The van der Waals surface area contributed by atoms with Gasteiger partial charge in [0.25, 0.3) is 11.8 Å². The first-order valence-corrected chi connectivity index (χ1v) is 10.5. The van der Waals surface area contributed by atoms with Crippen molar-refractivity contribution in [2.75, 3.05) is 4.90 Å². The van der Waals surface area contributed by atoms with Gasteiger partial charge in [-0.05, 0) is 66.8 Å². The lowest BCUT2D eigenvalue weighted by atomic mass is 10.1. The van der Waals surface area contributed by atoms with E-state index in [9.17, 15) is 9.59 Å². The third-order valence-corrected chi connectivity index (χ3v) is 5.78. The number of furan rings is 1. The zero-order valence-corrected chi connectivity index (χ0v) is 18.0. The summed E-state index contributed by atoms with van der Waals surface area (Å²) >= 11 is 10.0. The van der Waals surface area contributed by atoms with Crippen LogP contribution in [0.15, 0.2) is 91.2 Å². The summed E-state index contributed by atoms with van der Waals surface area (Å²) in [5.41, 5.74) is 0.515. The molecule has 1 fully saturated rings. The molecule has 4 rings (SSSR count). The van der Waals surface area contributed by atoms with Gasteiger partial charge in [-0.15, -0.1) is 0 Å². The van der Waals surface area contributed by atoms with Crippen LogP contribution in [0.3, 0.4) is 0 Å². The van der Waals surface area contributed by atoms with Gasteiger partial charge in [0.2, 0.25) is 0 Å². The number of hydrogen-bond donors (Lipinski definition) is 1. The number of benzene rings is 2. The van der Waals surface area contributed by atoms with Crippen LogP contribution in [0.1, 0.15) is 5.76 Å². The fraction of sp³-hybridized carbons (Fsp3) is 0. The van der Waals surface area contributed by atoms with E-state index in [0.717, 1.165) is 9.37 Å². The Balaban J connectivity index is 1.60. The molecule has 0 atom stereocenters. The molecule has 1 aliphatic heterocycles. The maximum atomic E-state index is 13.0. The first kappa shape index (κ1) is 19.6. The van der Waals surface area contributed by atoms with Gasteiger partial charge in [0.1, 0.15) is 11.3 Å². The van der Waals surface area contributed by atoms with Crippen molar-refractivity contribution in [3.63, 3.8) is 0 Å². The average molecular weight is 485 g/mol. The molecule has 144 valence electrons. The van der Waals surface area contributed by atoms with Crippen molar-refractivity contribution in [1.82, 2.24) is 5.32 Å². The quantitative estimate of drug-likeness (QED) is 0.319. The van der Waals surface area contributed by atoms with Crippen LogP contribution >= 0.6 is 39.9 Å². The predicted octanol–water partition coefficient (Wildman–Crippen LogP) is 5.02. The third kappa shape index (κ3) is 4.34. The zero-order valence-electron chi connectivity index (χ0n) is 14.8. The smallest absolute Gasteiger partial charge is 0.270 e. The molecule has 0 saturated carbocycles. The number of nitrogens with one attached hydrogen (secondary N) is 1. The predicted molar refractivity (Wildman–Crippen MR) is 120 cm³/mol. The summed E-state index contributed by atoms with van der Waals surface area (Å²) in [6.45, 7) is 0. The Morgan fingerprint density at radius 3 is 2.45 bits per heavy atom. The molecule has 2 heterocycles. The Morgan fingerprint density at radius 2 is 1.72 bits per heavy atom. The van der Waals surface area contributed by atoms with E-state index in [-0.39, 0.29) is 10.7 Å². The molecule has 0 radical (unpaired) electrons. The number of thiocarbonyl (C=S) groups is 1. The number of halogens is 1. The Kier molecular flexibility index (Phi) is 5.66. The maximum absolute atomic E-state index is 13.0. The van der Waals surface area contributed by atoms with E-state index in [1.807, 2.05) is 30.3 Å². The lowest BCUT2D eigenvalue weighted by Crippen LogP contribution is -2.54. The Morgan fingerprint density at radius 1 is 1.00 bits per heavy atom. The summed E-state index contributed by atoms with van der Waals surface area (Å²) in [4.78, 5) is 27.7. The van der Waals surface area contributed by atoms with Crippen molar-refractivity contribution < 1.29 is 14.0 Å². The summed E-state index contributed by atoms with van der Waals surface area (Å²) in [5.74, 6) is -0.651. The van der Waals surface area contributed by atoms with Crippen molar-refractivity contribution in [3.8, 4) is 0 Å². The molecule has 1 N–H and O–H groups in total. The Bertz CT molecular complexity index is 1120. The second-order valence-electron chi connectivity index (χ2n) is 6.01. The first-order valence-electron chi connectivity index (χ1n) is 8.51. The molecular formula is C21H13BrN2O3S2. The zero-order chi connectivity index (χ0) is 20.4. The molecule has 2 amide bonds. The molecule has 8 heteroatoms. The van der Waals surface area contributed by atoms with Gasteiger partial charge in [0.15, 0.2) is 10.2 Å². The number of anilines is 1. The summed E-state index contributed by atoms with van der Waals surface area (Å²) < 4.78 is 6.64. The topological polar surface area (TPSA) is 62.6 Å². The maximum Gasteiger partial charge on any atom is 0.270 e. The van der Waals surface area contributed by atoms with Gasteiger partial charge in [-0.3, -0.25) is 19.8 Å². The number of hydrogen-bond acceptors (Lipinski definition) is 5. The standard InChI is InChI=1S/C21H13BrN2O3S2/c22-13-6-8-14(9-7-13)24-20(26)17(19(25)23-21(24)28)12-15-10-11-18(27-15)29-16-4-2-1-3-5-16/h1-12H,(H,23,25,28)/b17-12+. The highest BCUT2D eigenvalue weighted by atomic mass is 79.9. The molecule has 1 saturated heterocycles. The van der Waals surface area contributed by atoms with Gasteiger partial charge >= 0.3 is 0 Å². The second kappa shape index (κ2) is 8.36. The van der Waals surface area contributed by atoms with Crippen LogP contribution in [0.2, 0.25) is 0 Å². The normalized spacial score (nSPS) is 15.7. The van der Waals surface area contributed by atoms with Crippen molar-refractivity contribution in [2.45, 2.75) is 9.99 Å². The molecule has 3 aromatic rings. The number of rotatable bonds is 4. The average Bonchev–Trinajstić information content (AvgIpc) is 3.14. The summed E-state index contributed by atoms with van der Waals surface area (Å²) in [7, 11) is 0. The van der Waals surface area contributed by atoms with Crippen molar-refractivity contribution in [2.24, 2.45) is 0 Å². The van der Waals surface area contributed by atoms with E-state index in [0.29, 0.717) is 16.5 Å². The largest absolute Gasteiger partial charge is 0.450 e. The minimum absolute atomic E-state index is 0.0410. The van der Waals surface area contributed by atoms with E-state index in [1.165, 1.54) is 22.7 Å². The monoisotopic (exact) mass is 484 g/mol. The molecule has 0 aliphatic carbocycles. The van der Waals surface area contributed by atoms with Gasteiger partial charge < -0.3 is 4.42 Å². The summed E-state index contributed by atoms with van der Waals surface area (Å²) in [6, 6.07) is 20.4. The number of amides is 2. The van der Waals surface area contributed by atoms with Crippen LogP contribution in [0.25, 0.3) is 6.08 Å². The number of carbonyl (C=O) groups is 2. The van der Waals surface area contributed by atoms with Crippen LogP contribution in [0.5, 0.6) is 0 Å². The molecule has 1 aromatic heterocycles. The summed E-state index contributed by atoms with van der Waals surface area (Å²) in [6.07, 6.45) is 1.43. The van der Waals surface area contributed by atoms with Gasteiger partial charge in [-0.25, -0.2) is 0 Å². The van der Waals surface area contributed by atoms with E-state index < -0.39 is 11.8 Å². The first-order chi connectivity index (χ1) is 14.0. The molecule has 2 aromatic carbocycles. The highest BCUT2D eigenvalue weighted by Crippen LogP contribution is 2.30. The summed E-state index contributed by atoms with van der Waals surface area (Å²) in [5, 5.41) is 3.26. The highest BCUT2D eigenvalue weighted by Gasteiger charge is 2.34. The molecule has 1 aliphatic rings. The molecule has 0 bridgehead atoms. The van der Waals surface area contributed by atoms with Gasteiger partial charge in [0.05, 0.1) is 5.69 Å². The Labute approximate surface area is 184 Å². The lowest BCUT2D eigenvalue weighted by Gasteiger charge is -2.28. The van der Waals surface area contributed by atoms with Gasteiger partial charge in [-0.1, -0.05) is 45.9 Å². The van der Waals surface area contributed by atoms with E-state index in [1.54, 1.807) is 36.4 Å². The van der Waals surface area contributed by atoms with E-state index >= 15 is 0 Å². The van der Waals surface area contributed by atoms with Crippen molar-refractivity contribution in [3.05, 3.63) is 82.5 Å². The molecule has 0 spiro atoms. The molecule has 5 nitrogen and oxygen atoms in total. The second-order valence-corrected chi connectivity index (χ2v) is 8.39. The van der Waals surface area contributed by atoms with Crippen LogP contribution < -0.4 is 10.2 Å². The van der Waals surface area contributed by atoms with Crippen molar-refractivity contribution >= 4 is 68.6 Å². The fourth-order valence-electron chi connectivity index (χ4n) is 2.70. The van der Waals surface area contributed by atoms with Gasteiger partial charge in [-0.2, -0.15) is 0 Å². The van der Waals surface area contributed by atoms with E-state index in [4.69, 9.17) is 16.6 Å². The molecule has 29 heavy (non-hydrogen) atoms. The minimum Gasteiger partial charge on any atom is -0.450 e. The van der Waals surface area contributed by atoms with Crippen LogP contribution in [-0.4, -0.2) is 16.9 Å². The minimum atomic E-state index is -0.554. The van der Waals surface area contributed by atoms with Gasteiger partial charge in [0, 0.05) is 9.37 Å². The molecule has 0 unspecified atom stereocenters. The van der Waals surface area contributed by atoms with Crippen LogP contribution in [-0.2, 0) is 9.59 Å².